The molecule has 100 valence electrons. The zero-order valence-corrected chi connectivity index (χ0v) is 9.79. The summed E-state index contributed by atoms with van der Waals surface area (Å²) in [6.45, 7) is -0.156. The van der Waals surface area contributed by atoms with E-state index in [0.717, 1.165) is 4.68 Å². The third-order valence-electron chi connectivity index (χ3n) is 1.89. The molecule has 0 radical (unpaired) electrons. The first-order valence-corrected chi connectivity index (χ1v) is 6.24. The van der Waals surface area contributed by atoms with Crippen molar-refractivity contribution in [2.75, 3.05) is 11.5 Å². The van der Waals surface area contributed by atoms with Crippen LogP contribution in [0.5, 0.6) is 0 Å². The number of carboxylic acids is 2. The van der Waals surface area contributed by atoms with Crippen molar-refractivity contribution in [1.29, 1.82) is 0 Å². The Bertz CT molecular complexity index is 577. The van der Waals surface area contributed by atoms with E-state index >= 15 is 0 Å². The van der Waals surface area contributed by atoms with Gasteiger partial charge in [0.05, 0.1) is 13.0 Å². The van der Waals surface area contributed by atoms with Gasteiger partial charge in [-0.2, -0.15) is 0 Å². The lowest BCUT2D eigenvalue weighted by Crippen LogP contribution is -2.17. The molecule has 0 saturated heterocycles. The van der Waals surface area contributed by atoms with E-state index in [1.165, 1.54) is 0 Å². The highest BCUT2D eigenvalue weighted by molar-refractivity contribution is 7.92. The Morgan fingerprint density at radius 1 is 1.28 bits per heavy atom. The number of hydrogen-bond donors (Lipinski definition) is 3. The average Bonchev–Trinajstić information content (AvgIpc) is 2.55. The number of aliphatic carboxylic acids is 2. The SMILES string of the molecule is Nc1c(S(=O)(=O)CC(=O)O)nnn1CCC(=O)O. The van der Waals surface area contributed by atoms with Gasteiger partial charge in [0.2, 0.25) is 14.9 Å². The molecule has 0 aliphatic rings. The first-order chi connectivity index (χ1) is 8.24. The van der Waals surface area contributed by atoms with Crippen molar-refractivity contribution >= 4 is 27.6 Å². The highest BCUT2D eigenvalue weighted by atomic mass is 32.2. The molecule has 0 saturated carbocycles. The molecule has 10 nitrogen and oxygen atoms in total. The molecule has 18 heavy (non-hydrogen) atoms. The fraction of sp³-hybridized carbons (Fsp3) is 0.429. The topological polar surface area (TPSA) is 165 Å². The van der Waals surface area contributed by atoms with E-state index in [4.69, 9.17) is 15.9 Å². The Kier molecular flexibility index (Phi) is 3.86. The lowest BCUT2D eigenvalue weighted by atomic mass is 10.4. The lowest BCUT2D eigenvalue weighted by molar-refractivity contribution is -0.137. The number of carboxylic acid groups (broad SMARTS) is 2. The molecule has 0 aliphatic heterocycles. The standard InChI is InChI=1S/C7H10N4O6S/c8-6-7(18(16,17)3-5(14)15)9-10-11(6)2-1-4(12)13/h1-3,8H2,(H,12,13)(H,14,15). The normalized spacial score (nSPS) is 11.3. The van der Waals surface area contributed by atoms with Crippen LogP contribution in [0.2, 0.25) is 0 Å². The summed E-state index contributed by atoms with van der Waals surface area (Å²) in [4.78, 5) is 20.7. The highest BCUT2D eigenvalue weighted by Crippen LogP contribution is 2.16. The summed E-state index contributed by atoms with van der Waals surface area (Å²) in [5.41, 5.74) is 5.42. The van der Waals surface area contributed by atoms with Gasteiger partial charge < -0.3 is 15.9 Å². The van der Waals surface area contributed by atoms with Crippen molar-refractivity contribution in [1.82, 2.24) is 15.0 Å². The number of carbonyl (C=O) groups is 2. The largest absolute Gasteiger partial charge is 0.481 e. The predicted octanol–water partition coefficient (Wildman–Crippen LogP) is -1.81. The monoisotopic (exact) mass is 278 g/mol. The second kappa shape index (κ2) is 5.00. The number of aromatic nitrogens is 3. The Morgan fingerprint density at radius 2 is 1.89 bits per heavy atom. The van der Waals surface area contributed by atoms with Gasteiger partial charge in [-0.3, -0.25) is 9.59 Å². The van der Waals surface area contributed by atoms with Crippen molar-refractivity contribution in [3.8, 4) is 0 Å². The quantitative estimate of drug-likeness (QED) is 0.543. The molecule has 11 heteroatoms. The van der Waals surface area contributed by atoms with Crippen molar-refractivity contribution in [2.24, 2.45) is 0 Å². The van der Waals surface area contributed by atoms with Crippen LogP contribution < -0.4 is 5.73 Å². The minimum absolute atomic E-state index is 0.156. The van der Waals surface area contributed by atoms with Crippen LogP contribution in [0.3, 0.4) is 0 Å². The number of nitrogens with two attached hydrogens (primary N) is 1. The van der Waals surface area contributed by atoms with E-state index < -0.39 is 32.6 Å². The van der Waals surface area contributed by atoms with E-state index in [-0.39, 0.29) is 18.8 Å². The van der Waals surface area contributed by atoms with Crippen LogP contribution in [-0.2, 0) is 26.0 Å². The summed E-state index contributed by atoms with van der Waals surface area (Å²) < 4.78 is 23.9. The average molecular weight is 278 g/mol. The molecule has 0 spiro atoms. The zero-order chi connectivity index (χ0) is 13.9. The van der Waals surface area contributed by atoms with Gasteiger partial charge in [-0.1, -0.05) is 5.21 Å². The molecular formula is C7H10N4O6S. The first-order valence-electron chi connectivity index (χ1n) is 4.59. The molecule has 1 aromatic heterocycles. The third-order valence-corrected chi connectivity index (χ3v) is 3.39. The van der Waals surface area contributed by atoms with E-state index in [1.807, 2.05) is 0 Å². The molecular weight excluding hydrogens is 268 g/mol. The number of hydrogen-bond acceptors (Lipinski definition) is 7. The van der Waals surface area contributed by atoms with Crippen LogP contribution in [0, 0.1) is 0 Å². The Balaban J connectivity index is 2.99. The van der Waals surface area contributed by atoms with Crippen LogP contribution >= 0.6 is 0 Å². The number of aryl methyl sites for hydroxylation is 1. The van der Waals surface area contributed by atoms with Crippen molar-refractivity contribution in [3.05, 3.63) is 0 Å². The summed E-state index contributed by atoms with van der Waals surface area (Å²) in [5.74, 6) is -4.19. The molecule has 4 N–H and O–H groups in total. The van der Waals surface area contributed by atoms with E-state index in [0.29, 0.717) is 0 Å². The molecule has 1 aromatic rings. The van der Waals surface area contributed by atoms with Gasteiger partial charge in [-0.15, -0.1) is 5.10 Å². The van der Waals surface area contributed by atoms with Crippen LogP contribution in [0.25, 0.3) is 0 Å². The summed E-state index contributed by atoms with van der Waals surface area (Å²) in [6, 6.07) is 0. The molecule has 0 fully saturated rings. The summed E-state index contributed by atoms with van der Waals surface area (Å²) in [6.07, 6.45) is -0.314. The van der Waals surface area contributed by atoms with E-state index in [9.17, 15) is 18.0 Å². The zero-order valence-electron chi connectivity index (χ0n) is 8.98. The fourth-order valence-corrected chi connectivity index (χ4v) is 2.17. The van der Waals surface area contributed by atoms with Crippen LogP contribution in [0.1, 0.15) is 6.42 Å². The van der Waals surface area contributed by atoms with Gasteiger partial charge >= 0.3 is 11.9 Å². The first kappa shape index (κ1) is 13.9. The number of nitrogens with zero attached hydrogens (tertiary/aromatic N) is 3. The van der Waals surface area contributed by atoms with Gasteiger partial charge in [-0.05, 0) is 0 Å². The molecule has 0 aromatic carbocycles. The van der Waals surface area contributed by atoms with Crippen molar-refractivity contribution in [3.63, 3.8) is 0 Å². The van der Waals surface area contributed by atoms with E-state index in [1.54, 1.807) is 0 Å². The number of anilines is 1. The smallest absolute Gasteiger partial charge is 0.319 e. The third kappa shape index (κ3) is 3.16. The summed E-state index contributed by atoms with van der Waals surface area (Å²) >= 11 is 0. The predicted molar refractivity (Wildman–Crippen MR) is 56.4 cm³/mol. The maximum atomic E-state index is 11.5. The van der Waals surface area contributed by atoms with E-state index in [2.05, 4.69) is 10.3 Å². The minimum Gasteiger partial charge on any atom is -0.481 e. The number of sulfone groups is 1. The van der Waals surface area contributed by atoms with Crippen molar-refractivity contribution in [2.45, 2.75) is 18.0 Å². The molecule has 1 heterocycles. The molecule has 0 bridgehead atoms. The van der Waals surface area contributed by atoms with Gasteiger partial charge in [0.15, 0.2) is 11.6 Å². The second-order valence-electron chi connectivity index (χ2n) is 3.30. The highest BCUT2D eigenvalue weighted by Gasteiger charge is 2.26. The van der Waals surface area contributed by atoms with Gasteiger partial charge in [0.25, 0.3) is 0 Å². The van der Waals surface area contributed by atoms with Crippen LogP contribution in [-0.4, -0.2) is 51.3 Å². The number of rotatable bonds is 6. The second-order valence-corrected chi connectivity index (χ2v) is 5.20. The van der Waals surface area contributed by atoms with Gasteiger partial charge in [0.1, 0.15) is 0 Å². The molecule has 0 unspecified atom stereocenters. The minimum atomic E-state index is -4.17. The van der Waals surface area contributed by atoms with Gasteiger partial charge in [-0.25, -0.2) is 13.1 Å². The summed E-state index contributed by atoms with van der Waals surface area (Å²) in [5, 5.41) is 22.9. The summed E-state index contributed by atoms with van der Waals surface area (Å²) in [7, 11) is -4.17. The lowest BCUT2D eigenvalue weighted by Gasteiger charge is -2.01. The number of nitrogen functional groups attached to an aromatic ring is 1. The fourth-order valence-electron chi connectivity index (χ4n) is 1.12. The van der Waals surface area contributed by atoms with Crippen LogP contribution in [0.4, 0.5) is 5.82 Å². The Labute approximate surface area is 101 Å². The Morgan fingerprint density at radius 3 is 2.39 bits per heavy atom. The molecule has 0 atom stereocenters. The molecule has 0 amide bonds. The molecule has 0 aliphatic carbocycles. The van der Waals surface area contributed by atoms with Crippen LogP contribution in [0.15, 0.2) is 5.03 Å². The maximum Gasteiger partial charge on any atom is 0.319 e. The Hall–Kier alpha value is -2.17. The molecule has 1 rings (SSSR count). The van der Waals surface area contributed by atoms with Gasteiger partial charge in [0, 0.05) is 0 Å². The maximum absolute atomic E-state index is 11.5. The van der Waals surface area contributed by atoms with Crippen molar-refractivity contribution < 1.29 is 28.2 Å².